The summed E-state index contributed by atoms with van der Waals surface area (Å²) in [5, 5.41) is 3.20. The first-order valence-electron chi connectivity index (χ1n) is 7.77. The minimum Gasteiger partial charge on any atom is -0.463 e. The zero-order valence-corrected chi connectivity index (χ0v) is 13.8. The summed E-state index contributed by atoms with van der Waals surface area (Å²) in [5.74, 6) is 2.23. The van der Waals surface area contributed by atoms with Gasteiger partial charge in [0.05, 0.1) is 13.3 Å². The van der Waals surface area contributed by atoms with Crippen molar-refractivity contribution in [2.24, 2.45) is 0 Å². The van der Waals surface area contributed by atoms with Gasteiger partial charge in [-0.2, -0.15) is 15.0 Å². The molecule has 1 atom stereocenters. The fraction of sp³-hybridized carbons (Fsp3) is 0.235. The molecule has 4 N–H and O–H groups in total. The van der Waals surface area contributed by atoms with Crippen LogP contribution in [0, 0.1) is 6.92 Å². The van der Waals surface area contributed by atoms with E-state index >= 15 is 0 Å². The van der Waals surface area contributed by atoms with E-state index in [9.17, 15) is 0 Å². The molecule has 2 heterocycles. The molecule has 24 heavy (non-hydrogen) atoms. The maximum atomic E-state index is 5.83. The Bertz CT molecular complexity index is 803. The molecule has 0 aliphatic carbocycles. The summed E-state index contributed by atoms with van der Waals surface area (Å²) < 4.78 is 5.37. The van der Waals surface area contributed by atoms with Gasteiger partial charge in [0.25, 0.3) is 0 Å². The topological polar surface area (TPSA) is 94.3 Å². The predicted octanol–water partition coefficient (Wildman–Crippen LogP) is 1.31. The quantitative estimate of drug-likeness (QED) is 0.633. The molecule has 3 aromatic rings. The van der Waals surface area contributed by atoms with Crippen LogP contribution in [0.25, 0.3) is 0 Å². The van der Waals surface area contributed by atoms with E-state index in [-0.39, 0.29) is 5.95 Å². The van der Waals surface area contributed by atoms with Crippen molar-refractivity contribution in [2.75, 3.05) is 18.1 Å². The van der Waals surface area contributed by atoms with Crippen molar-refractivity contribution in [3.63, 3.8) is 0 Å². The molecule has 1 unspecified atom stereocenters. The molecule has 124 valence electrons. The third-order valence-corrected chi connectivity index (χ3v) is 3.61. The summed E-state index contributed by atoms with van der Waals surface area (Å²) >= 11 is 0. The number of aromatic nitrogens is 3. The Morgan fingerprint density at radius 2 is 1.92 bits per heavy atom. The number of aryl methyl sites for hydroxylation is 1. The number of nitrogens with one attached hydrogen (secondary N) is 2. The van der Waals surface area contributed by atoms with Crippen LogP contribution in [-0.2, 0) is 13.1 Å². The molecule has 2 aromatic heterocycles. The molecule has 0 bridgehead atoms. The Balaban J connectivity index is 1.72. The molecule has 0 spiro atoms. The normalized spacial score (nSPS) is 12.1. The van der Waals surface area contributed by atoms with E-state index in [1.165, 1.54) is 4.90 Å². The van der Waals surface area contributed by atoms with Gasteiger partial charge in [-0.1, -0.05) is 18.2 Å². The standard InChI is InChI=1S/C17H20N6O/c1-12-6-3-4-8-14(12)19-17-21-15(20-16(18)22-17)11-23(2)10-13-7-5-9-24-13/h3-9H,10-11H2,1-2H3,(H3,18,19,20,21,22)/p+1. The van der Waals surface area contributed by atoms with E-state index in [1.54, 1.807) is 6.26 Å². The SMILES string of the molecule is Cc1ccccc1Nc1nc(N)nc(C[NH+](C)Cc2ccco2)n1. The Labute approximate surface area is 140 Å². The number of benzene rings is 1. The molecule has 7 nitrogen and oxygen atoms in total. The van der Waals surface area contributed by atoms with Crippen molar-refractivity contribution >= 4 is 17.6 Å². The van der Waals surface area contributed by atoms with Gasteiger partial charge >= 0.3 is 0 Å². The van der Waals surface area contributed by atoms with Crippen LogP contribution >= 0.6 is 0 Å². The highest BCUT2D eigenvalue weighted by Gasteiger charge is 2.12. The minimum atomic E-state index is 0.210. The van der Waals surface area contributed by atoms with Crippen LogP contribution in [0.15, 0.2) is 47.1 Å². The summed E-state index contributed by atoms with van der Waals surface area (Å²) in [6.45, 7) is 3.39. The highest BCUT2D eigenvalue weighted by Crippen LogP contribution is 2.17. The second-order valence-electron chi connectivity index (χ2n) is 5.76. The van der Waals surface area contributed by atoms with Gasteiger partial charge in [0, 0.05) is 5.69 Å². The van der Waals surface area contributed by atoms with Crippen molar-refractivity contribution in [1.29, 1.82) is 0 Å². The van der Waals surface area contributed by atoms with Gasteiger partial charge in [0.2, 0.25) is 11.9 Å². The largest absolute Gasteiger partial charge is 0.463 e. The van der Waals surface area contributed by atoms with Crippen LogP contribution in [0.3, 0.4) is 0 Å². The average Bonchev–Trinajstić information content (AvgIpc) is 3.01. The predicted molar refractivity (Wildman–Crippen MR) is 91.7 cm³/mol. The van der Waals surface area contributed by atoms with Crippen molar-refractivity contribution in [3.05, 3.63) is 59.8 Å². The second-order valence-corrected chi connectivity index (χ2v) is 5.76. The van der Waals surface area contributed by atoms with Crippen molar-refractivity contribution in [2.45, 2.75) is 20.0 Å². The second kappa shape index (κ2) is 7.10. The number of nitrogen functional groups attached to an aromatic ring is 1. The van der Waals surface area contributed by atoms with Crippen molar-refractivity contribution in [3.8, 4) is 0 Å². The Kier molecular flexibility index (Phi) is 4.72. The molecule has 0 saturated heterocycles. The number of anilines is 3. The van der Waals surface area contributed by atoms with Gasteiger partial charge in [0.15, 0.2) is 11.6 Å². The van der Waals surface area contributed by atoms with Crippen molar-refractivity contribution < 1.29 is 9.32 Å². The lowest BCUT2D eigenvalue weighted by atomic mass is 10.2. The summed E-state index contributed by atoms with van der Waals surface area (Å²) in [5.41, 5.74) is 7.89. The summed E-state index contributed by atoms with van der Waals surface area (Å²) in [7, 11) is 2.05. The smallest absolute Gasteiger partial charge is 0.232 e. The van der Waals surface area contributed by atoms with Gasteiger partial charge in [0.1, 0.15) is 13.1 Å². The number of furan rings is 1. The maximum Gasteiger partial charge on any atom is 0.232 e. The van der Waals surface area contributed by atoms with E-state index in [2.05, 4.69) is 27.3 Å². The Morgan fingerprint density at radius 1 is 1.08 bits per heavy atom. The Morgan fingerprint density at radius 3 is 2.67 bits per heavy atom. The molecule has 7 heteroatoms. The van der Waals surface area contributed by atoms with Crippen LogP contribution in [0.5, 0.6) is 0 Å². The number of hydrogen-bond acceptors (Lipinski definition) is 6. The number of rotatable bonds is 6. The van der Waals surface area contributed by atoms with Gasteiger partial charge in [-0.25, -0.2) is 0 Å². The van der Waals surface area contributed by atoms with Gasteiger partial charge in [-0.05, 0) is 30.7 Å². The van der Waals surface area contributed by atoms with Crippen LogP contribution in [0.1, 0.15) is 17.1 Å². The first kappa shape index (κ1) is 15.9. The van der Waals surface area contributed by atoms with E-state index in [0.717, 1.165) is 23.6 Å². The number of para-hydroxylation sites is 1. The fourth-order valence-electron chi connectivity index (χ4n) is 2.45. The molecular formula is C17H21N6O+. The number of nitrogens with two attached hydrogens (primary N) is 1. The number of quaternary nitrogens is 1. The monoisotopic (exact) mass is 325 g/mol. The molecule has 0 fully saturated rings. The van der Waals surface area contributed by atoms with Gasteiger partial charge in [-0.3, -0.25) is 0 Å². The maximum absolute atomic E-state index is 5.83. The molecule has 0 amide bonds. The van der Waals surface area contributed by atoms with E-state index in [1.807, 2.05) is 43.3 Å². The molecule has 0 aliphatic rings. The van der Waals surface area contributed by atoms with E-state index < -0.39 is 0 Å². The lowest BCUT2D eigenvalue weighted by Gasteiger charge is -2.13. The average molecular weight is 325 g/mol. The van der Waals surface area contributed by atoms with Crippen LogP contribution in [-0.4, -0.2) is 22.0 Å². The fourth-order valence-corrected chi connectivity index (χ4v) is 2.45. The summed E-state index contributed by atoms with van der Waals surface area (Å²) in [6.07, 6.45) is 1.67. The lowest BCUT2D eigenvalue weighted by molar-refractivity contribution is -0.909. The van der Waals surface area contributed by atoms with Crippen molar-refractivity contribution in [1.82, 2.24) is 15.0 Å². The van der Waals surface area contributed by atoms with Gasteiger partial charge < -0.3 is 20.4 Å². The highest BCUT2D eigenvalue weighted by molar-refractivity contribution is 5.58. The molecule has 3 rings (SSSR count). The third kappa shape index (κ3) is 4.08. The van der Waals surface area contributed by atoms with Crippen LogP contribution < -0.4 is 16.0 Å². The highest BCUT2D eigenvalue weighted by atomic mass is 16.3. The third-order valence-electron chi connectivity index (χ3n) is 3.61. The minimum absolute atomic E-state index is 0.210. The van der Waals surface area contributed by atoms with Crippen LogP contribution in [0.2, 0.25) is 0 Å². The molecular weight excluding hydrogens is 304 g/mol. The summed E-state index contributed by atoms with van der Waals surface area (Å²) in [4.78, 5) is 14.1. The summed E-state index contributed by atoms with van der Waals surface area (Å²) in [6, 6.07) is 11.8. The zero-order chi connectivity index (χ0) is 16.9. The lowest BCUT2D eigenvalue weighted by Crippen LogP contribution is -3.06. The number of nitrogens with zero attached hydrogens (tertiary/aromatic N) is 3. The molecule has 0 radical (unpaired) electrons. The van der Waals surface area contributed by atoms with E-state index in [4.69, 9.17) is 10.2 Å². The van der Waals surface area contributed by atoms with Gasteiger partial charge in [-0.15, -0.1) is 0 Å². The first-order chi connectivity index (χ1) is 11.6. The molecule has 0 aliphatic heterocycles. The molecule has 1 aromatic carbocycles. The van der Waals surface area contributed by atoms with Crippen LogP contribution in [0.4, 0.5) is 17.6 Å². The Hall–Kier alpha value is -2.93. The first-order valence-corrected chi connectivity index (χ1v) is 7.77. The zero-order valence-electron chi connectivity index (χ0n) is 13.8. The van der Waals surface area contributed by atoms with E-state index in [0.29, 0.717) is 18.3 Å². The molecule has 0 saturated carbocycles. The number of hydrogen-bond donors (Lipinski definition) is 3.